The zero-order valence-electron chi connectivity index (χ0n) is 3.26. The lowest BCUT2D eigenvalue weighted by molar-refractivity contribution is 0.657. The molecule has 1 saturated heterocycles. The van der Waals surface area contributed by atoms with Gasteiger partial charge in [-0.3, -0.25) is 0 Å². The topological polar surface area (TPSA) is 20.2 Å². The van der Waals surface area contributed by atoms with Crippen molar-refractivity contribution in [2.75, 3.05) is 5.75 Å². The van der Waals surface area contributed by atoms with E-state index in [1.165, 1.54) is 12.2 Å². The van der Waals surface area contributed by atoms with Crippen LogP contribution in [0.25, 0.3) is 0 Å². The number of thioether (sulfide) groups is 1. The predicted molar refractivity (Wildman–Crippen MR) is 31.1 cm³/mol. The van der Waals surface area contributed by atoms with E-state index >= 15 is 0 Å². The van der Waals surface area contributed by atoms with Crippen molar-refractivity contribution in [2.24, 2.45) is 0 Å². The lowest BCUT2D eigenvalue weighted by Gasteiger charge is -2.19. The summed E-state index contributed by atoms with van der Waals surface area (Å²) >= 11 is 2.79. The van der Waals surface area contributed by atoms with Gasteiger partial charge in [0, 0.05) is 12.0 Å². The van der Waals surface area contributed by atoms with E-state index < -0.39 is 0 Å². The summed E-state index contributed by atoms with van der Waals surface area (Å²) in [5.74, 6) is 1.23. The summed E-state index contributed by atoms with van der Waals surface area (Å²) in [7, 11) is 0. The van der Waals surface area contributed by atoms with Crippen LogP contribution in [0.3, 0.4) is 0 Å². The smallest absolute Gasteiger partial charge is 0.0770 e. The Morgan fingerprint density at radius 1 is 1.83 bits per heavy atom. The maximum atomic E-state index is 8.28. The summed E-state index contributed by atoms with van der Waals surface area (Å²) in [6, 6.07) is 0. The van der Waals surface area contributed by atoms with Gasteiger partial charge in [0.25, 0.3) is 0 Å². The SMILES string of the molecule is OSC1CCS1. The number of hydrogen-bond donors (Lipinski definition) is 1. The van der Waals surface area contributed by atoms with Gasteiger partial charge >= 0.3 is 0 Å². The van der Waals surface area contributed by atoms with E-state index in [-0.39, 0.29) is 0 Å². The Morgan fingerprint density at radius 3 is 2.50 bits per heavy atom. The molecule has 1 heterocycles. The largest absolute Gasteiger partial charge is 0.329 e. The Labute approximate surface area is 45.7 Å². The Morgan fingerprint density at radius 2 is 2.50 bits per heavy atom. The van der Waals surface area contributed by atoms with E-state index in [0.29, 0.717) is 4.58 Å². The second-order valence-corrected chi connectivity index (χ2v) is 3.58. The van der Waals surface area contributed by atoms with Crippen molar-refractivity contribution in [3.63, 3.8) is 0 Å². The lowest BCUT2D eigenvalue weighted by Crippen LogP contribution is -2.09. The van der Waals surface area contributed by atoms with E-state index in [9.17, 15) is 0 Å². The molecule has 0 aliphatic carbocycles. The quantitative estimate of drug-likeness (QED) is 0.534. The van der Waals surface area contributed by atoms with Crippen LogP contribution in [0.4, 0.5) is 0 Å². The van der Waals surface area contributed by atoms with Crippen LogP contribution in [0.1, 0.15) is 6.42 Å². The Bertz CT molecular complexity index is 41.3. The molecule has 1 N–H and O–H groups in total. The van der Waals surface area contributed by atoms with Gasteiger partial charge < -0.3 is 4.55 Å². The first-order valence-electron chi connectivity index (χ1n) is 1.85. The van der Waals surface area contributed by atoms with E-state index in [0.717, 1.165) is 12.0 Å². The highest BCUT2D eigenvalue weighted by Gasteiger charge is 2.16. The van der Waals surface area contributed by atoms with Gasteiger partial charge in [-0.1, -0.05) is 0 Å². The Hall–Kier alpha value is 0.660. The summed E-state index contributed by atoms with van der Waals surface area (Å²) in [5.41, 5.74) is 0. The zero-order chi connectivity index (χ0) is 4.41. The van der Waals surface area contributed by atoms with Crippen LogP contribution in [0, 0.1) is 0 Å². The van der Waals surface area contributed by atoms with Gasteiger partial charge in [-0.2, -0.15) is 0 Å². The summed E-state index contributed by atoms with van der Waals surface area (Å²) in [5, 5.41) is 0. The van der Waals surface area contributed by atoms with Crippen LogP contribution in [0.5, 0.6) is 0 Å². The van der Waals surface area contributed by atoms with Gasteiger partial charge in [0.05, 0.1) is 4.58 Å². The molecule has 3 heteroatoms. The molecule has 0 aromatic heterocycles. The number of hydrogen-bond acceptors (Lipinski definition) is 3. The van der Waals surface area contributed by atoms with Gasteiger partial charge in [0.1, 0.15) is 0 Å². The molecule has 0 bridgehead atoms. The minimum Gasteiger partial charge on any atom is -0.329 e. The van der Waals surface area contributed by atoms with Gasteiger partial charge in [-0.15, -0.1) is 11.8 Å². The zero-order valence-corrected chi connectivity index (χ0v) is 4.89. The maximum absolute atomic E-state index is 8.28. The van der Waals surface area contributed by atoms with E-state index in [1.807, 2.05) is 11.8 Å². The molecule has 0 amide bonds. The minimum absolute atomic E-state index is 0.505. The molecular weight excluding hydrogens is 116 g/mol. The highest BCUT2D eigenvalue weighted by molar-refractivity contribution is 8.15. The van der Waals surface area contributed by atoms with Gasteiger partial charge in [0.15, 0.2) is 0 Å². The van der Waals surface area contributed by atoms with Crippen LogP contribution < -0.4 is 0 Å². The normalized spacial score (nSPS) is 32.5. The average Bonchev–Trinajstić information content (AvgIpc) is 1.31. The molecule has 1 unspecified atom stereocenters. The van der Waals surface area contributed by atoms with Crippen molar-refractivity contribution in [1.82, 2.24) is 0 Å². The van der Waals surface area contributed by atoms with Crippen molar-refractivity contribution < 1.29 is 4.55 Å². The molecule has 6 heavy (non-hydrogen) atoms. The van der Waals surface area contributed by atoms with Gasteiger partial charge in [-0.05, 0) is 12.2 Å². The fourth-order valence-corrected chi connectivity index (χ4v) is 1.65. The fourth-order valence-electron chi connectivity index (χ4n) is 0.297. The molecule has 1 nitrogen and oxygen atoms in total. The third-order valence-electron chi connectivity index (χ3n) is 0.775. The molecule has 36 valence electrons. The van der Waals surface area contributed by atoms with E-state index in [4.69, 9.17) is 4.55 Å². The summed E-state index contributed by atoms with van der Waals surface area (Å²) < 4.78 is 8.79. The molecule has 0 saturated carbocycles. The summed E-state index contributed by atoms with van der Waals surface area (Å²) in [4.78, 5) is 0. The van der Waals surface area contributed by atoms with E-state index in [1.54, 1.807) is 0 Å². The van der Waals surface area contributed by atoms with Crippen molar-refractivity contribution in [3.05, 3.63) is 0 Å². The third-order valence-corrected chi connectivity index (χ3v) is 2.99. The molecule has 1 atom stereocenters. The van der Waals surface area contributed by atoms with Crippen molar-refractivity contribution in [3.8, 4) is 0 Å². The van der Waals surface area contributed by atoms with Crippen LogP contribution >= 0.6 is 23.8 Å². The van der Waals surface area contributed by atoms with Crippen LogP contribution in [-0.4, -0.2) is 14.9 Å². The van der Waals surface area contributed by atoms with Crippen molar-refractivity contribution in [1.29, 1.82) is 0 Å². The fraction of sp³-hybridized carbons (Fsp3) is 1.00. The third kappa shape index (κ3) is 0.832. The van der Waals surface area contributed by atoms with Crippen LogP contribution in [0.15, 0.2) is 0 Å². The van der Waals surface area contributed by atoms with E-state index in [2.05, 4.69) is 0 Å². The molecule has 0 aromatic carbocycles. The standard InChI is InChI=1S/C3H6OS2/c4-6-3-1-2-5-3/h3-4H,1-2H2. The lowest BCUT2D eigenvalue weighted by atomic mass is 10.5. The highest BCUT2D eigenvalue weighted by atomic mass is 32.2. The molecular formula is C3H6OS2. The molecule has 0 spiro atoms. The predicted octanol–water partition coefficient (Wildman–Crippen LogP) is 1.66. The summed E-state index contributed by atoms with van der Waals surface area (Å²) in [6.07, 6.45) is 1.19. The first-order valence-corrected chi connectivity index (χ1v) is 3.74. The van der Waals surface area contributed by atoms with Gasteiger partial charge in [-0.25, -0.2) is 0 Å². The molecule has 0 aromatic rings. The monoisotopic (exact) mass is 122 g/mol. The Kier molecular flexibility index (Phi) is 1.68. The second kappa shape index (κ2) is 2.09. The Balaban J connectivity index is 2.01. The van der Waals surface area contributed by atoms with Crippen LogP contribution in [0.2, 0.25) is 0 Å². The highest BCUT2D eigenvalue weighted by Crippen LogP contribution is 2.34. The van der Waals surface area contributed by atoms with Crippen LogP contribution in [-0.2, 0) is 0 Å². The molecule has 1 rings (SSSR count). The molecule has 1 aliphatic heterocycles. The molecule has 0 radical (unpaired) electrons. The number of rotatable bonds is 1. The van der Waals surface area contributed by atoms with Crippen molar-refractivity contribution in [2.45, 2.75) is 11.0 Å². The minimum atomic E-state index is 0.505. The maximum Gasteiger partial charge on any atom is 0.0770 e. The van der Waals surface area contributed by atoms with Gasteiger partial charge in [0.2, 0.25) is 0 Å². The van der Waals surface area contributed by atoms with Crippen molar-refractivity contribution >= 4 is 23.8 Å². The first kappa shape index (κ1) is 4.81. The summed E-state index contributed by atoms with van der Waals surface area (Å²) in [6.45, 7) is 0. The second-order valence-electron chi connectivity index (χ2n) is 1.19. The average molecular weight is 122 g/mol. The molecule has 1 fully saturated rings. The molecule has 1 aliphatic rings. The first-order chi connectivity index (χ1) is 2.93.